The Morgan fingerprint density at radius 2 is 1.73 bits per heavy atom. The average molecular weight is 603 g/mol. The number of aromatic amines is 1. The SMILES string of the molecule is C[C@H]1CCN(C(=O)c2ccc(-c3ccc4[nH]ccc4c3)c(OCCCCOC(=O)NCc3ccccc3)c2)c2ccccc2N1. The number of para-hydroxylation sites is 2. The Balaban J connectivity index is 1.14. The second-order valence-corrected chi connectivity index (χ2v) is 11.3. The molecule has 0 aliphatic carbocycles. The summed E-state index contributed by atoms with van der Waals surface area (Å²) in [6.45, 7) is 3.88. The van der Waals surface area contributed by atoms with Gasteiger partial charge in [0, 0.05) is 42.0 Å². The lowest BCUT2D eigenvalue weighted by Gasteiger charge is -2.23. The van der Waals surface area contributed by atoms with Crippen molar-refractivity contribution < 1.29 is 19.1 Å². The van der Waals surface area contributed by atoms with E-state index < -0.39 is 6.09 Å². The first-order valence-corrected chi connectivity index (χ1v) is 15.5. The molecule has 0 unspecified atom stereocenters. The highest BCUT2D eigenvalue weighted by atomic mass is 16.5. The Hall–Kier alpha value is -5.24. The summed E-state index contributed by atoms with van der Waals surface area (Å²) in [5, 5.41) is 7.40. The van der Waals surface area contributed by atoms with Crippen molar-refractivity contribution in [1.82, 2.24) is 10.3 Å². The molecule has 0 saturated heterocycles. The van der Waals surface area contributed by atoms with E-state index in [0.29, 0.717) is 50.5 Å². The fourth-order valence-electron chi connectivity index (χ4n) is 5.59. The molecule has 2 heterocycles. The van der Waals surface area contributed by atoms with Crippen LogP contribution in [0.5, 0.6) is 5.75 Å². The van der Waals surface area contributed by atoms with Crippen LogP contribution in [0.15, 0.2) is 103 Å². The third kappa shape index (κ3) is 7.29. The quantitative estimate of drug-likeness (QED) is 0.142. The molecule has 0 fully saturated rings. The fourth-order valence-corrected chi connectivity index (χ4v) is 5.59. The number of carbonyl (C=O) groups excluding carboxylic acids is 2. The Kier molecular flexibility index (Phi) is 9.30. The molecule has 8 heteroatoms. The summed E-state index contributed by atoms with van der Waals surface area (Å²) in [4.78, 5) is 31.2. The zero-order valence-corrected chi connectivity index (χ0v) is 25.4. The number of carbonyl (C=O) groups is 2. The number of aromatic nitrogens is 1. The summed E-state index contributed by atoms with van der Waals surface area (Å²) in [7, 11) is 0. The molecule has 1 aliphatic heterocycles. The van der Waals surface area contributed by atoms with E-state index in [0.717, 1.165) is 45.4 Å². The number of alkyl carbamates (subject to hydrolysis) is 1. The number of nitrogens with one attached hydrogen (secondary N) is 3. The van der Waals surface area contributed by atoms with Gasteiger partial charge in [0.1, 0.15) is 5.75 Å². The van der Waals surface area contributed by atoms with Gasteiger partial charge in [0.15, 0.2) is 0 Å². The van der Waals surface area contributed by atoms with Crippen LogP contribution in [0, 0.1) is 0 Å². The minimum atomic E-state index is -0.437. The zero-order valence-electron chi connectivity index (χ0n) is 25.4. The maximum absolute atomic E-state index is 14.0. The molecule has 5 aromatic rings. The molecule has 1 aromatic heterocycles. The summed E-state index contributed by atoms with van der Waals surface area (Å²) in [6.07, 6.45) is 3.66. The van der Waals surface area contributed by atoms with E-state index >= 15 is 0 Å². The van der Waals surface area contributed by atoms with Crippen molar-refractivity contribution in [3.63, 3.8) is 0 Å². The maximum atomic E-state index is 14.0. The van der Waals surface area contributed by atoms with E-state index in [2.05, 4.69) is 40.7 Å². The largest absolute Gasteiger partial charge is 0.493 e. The highest BCUT2D eigenvalue weighted by Crippen LogP contribution is 2.35. The van der Waals surface area contributed by atoms with Crippen molar-refractivity contribution in [2.75, 3.05) is 30.0 Å². The molecule has 4 aromatic carbocycles. The molecule has 1 atom stereocenters. The Bertz CT molecular complexity index is 1770. The van der Waals surface area contributed by atoms with Crippen LogP contribution in [0.1, 0.15) is 42.1 Å². The van der Waals surface area contributed by atoms with Gasteiger partial charge < -0.3 is 30.0 Å². The molecule has 6 rings (SSSR count). The lowest BCUT2D eigenvalue weighted by Crippen LogP contribution is -2.32. The topological polar surface area (TPSA) is 95.7 Å². The lowest BCUT2D eigenvalue weighted by molar-refractivity contribution is 0.0986. The molecular weight excluding hydrogens is 564 g/mol. The van der Waals surface area contributed by atoms with Crippen LogP contribution in [0.4, 0.5) is 16.2 Å². The van der Waals surface area contributed by atoms with Crippen LogP contribution in [0.3, 0.4) is 0 Å². The van der Waals surface area contributed by atoms with Crippen molar-refractivity contribution in [2.24, 2.45) is 0 Å². The zero-order chi connectivity index (χ0) is 31.0. The van der Waals surface area contributed by atoms with Crippen molar-refractivity contribution in [3.05, 3.63) is 114 Å². The fraction of sp³-hybridized carbons (Fsp3) is 0.243. The minimum absolute atomic E-state index is 0.0641. The summed E-state index contributed by atoms with van der Waals surface area (Å²) in [5.74, 6) is 0.581. The van der Waals surface area contributed by atoms with E-state index in [1.54, 1.807) is 0 Å². The first-order valence-electron chi connectivity index (χ1n) is 15.5. The first-order chi connectivity index (χ1) is 22.0. The molecule has 45 heavy (non-hydrogen) atoms. The summed E-state index contributed by atoms with van der Waals surface area (Å²) in [6, 6.07) is 31.9. The monoisotopic (exact) mass is 602 g/mol. The predicted octanol–water partition coefficient (Wildman–Crippen LogP) is 7.77. The number of fused-ring (bicyclic) bond motifs is 2. The van der Waals surface area contributed by atoms with Crippen molar-refractivity contribution in [3.8, 4) is 16.9 Å². The number of anilines is 2. The third-order valence-electron chi connectivity index (χ3n) is 8.03. The van der Waals surface area contributed by atoms with Gasteiger partial charge in [-0.3, -0.25) is 4.79 Å². The van der Waals surface area contributed by atoms with Crippen LogP contribution in [0.25, 0.3) is 22.0 Å². The van der Waals surface area contributed by atoms with Gasteiger partial charge in [-0.25, -0.2) is 4.79 Å². The summed E-state index contributed by atoms with van der Waals surface area (Å²) < 4.78 is 11.7. The summed E-state index contributed by atoms with van der Waals surface area (Å²) in [5.41, 5.74) is 6.40. The number of benzene rings is 4. The van der Waals surface area contributed by atoms with Crippen molar-refractivity contribution in [2.45, 2.75) is 38.8 Å². The van der Waals surface area contributed by atoms with Crippen LogP contribution in [0.2, 0.25) is 0 Å². The van der Waals surface area contributed by atoms with Gasteiger partial charge in [0.05, 0.1) is 24.6 Å². The lowest BCUT2D eigenvalue weighted by atomic mass is 10.0. The maximum Gasteiger partial charge on any atom is 0.407 e. The number of rotatable bonds is 10. The first kappa shape index (κ1) is 29.8. The number of unbranched alkanes of at least 4 members (excludes halogenated alkanes) is 1. The predicted molar refractivity (Wildman–Crippen MR) is 179 cm³/mol. The Labute approximate surface area is 263 Å². The molecule has 1 aliphatic rings. The van der Waals surface area contributed by atoms with E-state index in [1.807, 2.05) is 90.0 Å². The number of ether oxygens (including phenoxy) is 2. The number of nitrogens with zero attached hydrogens (tertiary/aromatic N) is 1. The smallest absolute Gasteiger partial charge is 0.407 e. The van der Waals surface area contributed by atoms with E-state index in [4.69, 9.17) is 9.47 Å². The van der Waals surface area contributed by atoms with Crippen LogP contribution < -0.4 is 20.3 Å². The van der Waals surface area contributed by atoms with Crippen LogP contribution in [-0.4, -0.2) is 42.8 Å². The molecule has 230 valence electrons. The molecule has 0 spiro atoms. The van der Waals surface area contributed by atoms with Crippen molar-refractivity contribution >= 4 is 34.3 Å². The Morgan fingerprint density at radius 1 is 0.911 bits per heavy atom. The normalized spacial score (nSPS) is 14.2. The second-order valence-electron chi connectivity index (χ2n) is 11.3. The van der Waals surface area contributed by atoms with Gasteiger partial charge in [-0.2, -0.15) is 0 Å². The highest BCUT2D eigenvalue weighted by Gasteiger charge is 2.25. The average Bonchev–Trinajstić information content (AvgIpc) is 3.47. The molecule has 0 radical (unpaired) electrons. The minimum Gasteiger partial charge on any atom is -0.493 e. The van der Waals surface area contributed by atoms with E-state index in [-0.39, 0.29) is 11.9 Å². The van der Waals surface area contributed by atoms with Gasteiger partial charge >= 0.3 is 6.09 Å². The number of hydrogen-bond donors (Lipinski definition) is 3. The van der Waals surface area contributed by atoms with Gasteiger partial charge in [-0.05, 0) is 91.2 Å². The number of hydrogen-bond acceptors (Lipinski definition) is 5. The van der Waals surface area contributed by atoms with E-state index in [9.17, 15) is 9.59 Å². The number of amides is 2. The van der Waals surface area contributed by atoms with Crippen LogP contribution in [-0.2, 0) is 11.3 Å². The molecule has 0 bridgehead atoms. The standard InChI is InChI=1S/C37H38N4O4/c1-26-18-20-41(34-12-6-5-11-33(34)40-26)36(42)30-13-15-31(28-14-16-32-29(23-28)17-19-38-32)35(24-30)44-21-7-8-22-45-37(43)39-25-27-9-3-2-4-10-27/h2-6,9-17,19,23-24,26,38,40H,7-8,18,20-22,25H2,1H3,(H,39,43)/t26-/m0/s1. The summed E-state index contributed by atoms with van der Waals surface area (Å²) >= 11 is 0. The molecule has 0 saturated carbocycles. The molecule has 3 N–H and O–H groups in total. The Morgan fingerprint density at radius 3 is 2.62 bits per heavy atom. The molecular formula is C37H38N4O4. The molecule has 2 amide bonds. The van der Waals surface area contributed by atoms with Gasteiger partial charge in [-0.1, -0.05) is 48.5 Å². The highest BCUT2D eigenvalue weighted by molar-refractivity contribution is 6.08. The van der Waals surface area contributed by atoms with Gasteiger partial charge in [0.2, 0.25) is 0 Å². The van der Waals surface area contributed by atoms with E-state index in [1.165, 1.54) is 0 Å². The number of H-pyrrole nitrogens is 1. The molecule has 8 nitrogen and oxygen atoms in total. The van der Waals surface area contributed by atoms with Gasteiger partial charge in [-0.15, -0.1) is 0 Å². The second kappa shape index (κ2) is 14.0. The van der Waals surface area contributed by atoms with Crippen molar-refractivity contribution in [1.29, 1.82) is 0 Å². The third-order valence-corrected chi connectivity index (χ3v) is 8.03. The van der Waals surface area contributed by atoms with Gasteiger partial charge in [0.25, 0.3) is 5.91 Å². The van der Waals surface area contributed by atoms with Crippen LogP contribution >= 0.6 is 0 Å².